The Morgan fingerprint density at radius 2 is 1.07 bits per heavy atom. The van der Waals surface area contributed by atoms with Gasteiger partial charge in [-0.1, -0.05) is 114 Å². The minimum atomic E-state index is 0.641. The maximum absolute atomic E-state index is 5.07. The Kier molecular flexibility index (Phi) is 26.1. The third-order valence-electron chi connectivity index (χ3n) is 5.30. The fourth-order valence-electron chi connectivity index (χ4n) is 3.44. The third-order valence-corrected chi connectivity index (χ3v) is 6.33. The van der Waals surface area contributed by atoms with E-state index in [4.69, 9.17) is 14.8 Å². The van der Waals surface area contributed by atoms with Crippen LogP contribution >= 0.6 is 0 Å². The van der Waals surface area contributed by atoms with Crippen LogP contribution in [0.3, 0.4) is 0 Å². The Bertz CT molecular complexity index is 293. The van der Waals surface area contributed by atoms with Crippen LogP contribution in [0.1, 0.15) is 116 Å². The van der Waals surface area contributed by atoms with Gasteiger partial charge in [0.2, 0.25) is 0 Å². The number of rotatable bonds is 25. The van der Waals surface area contributed by atoms with Crippen molar-refractivity contribution in [2.24, 2.45) is 0 Å². The summed E-state index contributed by atoms with van der Waals surface area (Å²) in [6.07, 6.45) is 24.0. The van der Waals surface area contributed by atoms with E-state index in [-0.39, 0.29) is 0 Å². The van der Waals surface area contributed by atoms with Crippen molar-refractivity contribution in [1.82, 2.24) is 4.90 Å². The first kappa shape index (κ1) is 29.1. The predicted octanol–water partition coefficient (Wildman–Crippen LogP) is 7.16. The van der Waals surface area contributed by atoms with E-state index >= 15 is 0 Å². The molecule has 0 fully saturated rings. The summed E-state index contributed by atoms with van der Waals surface area (Å²) in [7, 11) is 5.00. The zero-order chi connectivity index (χ0) is 21.3. The molecule has 0 aromatic rings. The Hall–Kier alpha value is 0.0569. The second-order valence-electron chi connectivity index (χ2n) is 8.61. The van der Waals surface area contributed by atoms with Gasteiger partial charge in [0.1, 0.15) is 0 Å². The molecule has 0 aliphatic heterocycles. The van der Waals surface area contributed by atoms with E-state index in [0.717, 1.165) is 22.5 Å². The molecule has 0 aliphatic rings. The van der Waals surface area contributed by atoms with Crippen LogP contribution in [0.25, 0.3) is 0 Å². The van der Waals surface area contributed by atoms with Crippen molar-refractivity contribution in [3.8, 4) is 0 Å². The zero-order valence-corrected chi connectivity index (χ0v) is 21.0. The van der Waals surface area contributed by atoms with Crippen LogP contribution in [-0.4, -0.2) is 47.9 Å². The molecule has 0 atom stereocenters. The van der Waals surface area contributed by atoms with Gasteiger partial charge >= 0.3 is 0 Å². The fraction of sp³-hybridized carbons (Fsp3) is 1.00. The molecule has 0 amide bonds. The number of hydrogen-bond acceptors (Lipinski definition) is 4. The Morgan fingerprint density at radius 3 is 1.55 bits per heavy atom. The van der Waals surface area contributed by atoms with Crippen LogP contribution in [0.2, 0.25) is 6.04 Å². The van der Waals surface area contributed by atoms with Crippen molar-refractivity contribution in [2.45, 2.75) is 122 Å². The SMILES string of the molecule is CCCCCCCCCCCCCCCCCCOOOC[Si]CCCN(C)C. The molecule has 29 heavy (non-hydrogen) atoms. The van der Waals surface area contributed by atoms with Crippen LogP contribution in [0.15, 0.2) is 0 Å². The van der Waals surface area contributed by atoms with Gasteiger partial charge in [-0.2, -0.15) is 0 Å². The summed E-state index contributed by atoms with van der Waals surface area (Å²) in [6, 6.07) is 1.20. The van der Waals surface area contributed by atoms with Gasteiger partial charge in [0, 0.05) is 0 Å². The third kappa shape index (κ3) is 28.1. The highest BCUT2D eigenvalue weighted by molar-refractivity contribution is 6.35. The summed E-state index contributed by atoms with van der Waals surface area (Å²) >= 11 is 0. The molecule has 0 saturated heterocycles. The molecule has 2 radical (unpaired) electrons. The lowest BCUT2D eigenvalue weighted by Gasteiger charge is -2.08. The lowest BCUT2D eigenvalue weighted by atomic mass is 10.0. The second kappa shape index (κ2) is 26.1. The first-order chi connectivity index (χ1) is 14.3. The maximum Gasteiger partial charge on any atom is 0.0853 e. The fourth-order valence-corrected chi connectivity index (χ4v) is 4.12. The van der Waals surface area contributed by atoms with Crippen molar-refractivity contribution in [3.63, 3.8) is 0 Å². The number of hydrogen-bond donors (Lipinski definition) is 0. The van der Waals surface area contributed by atoms with E-state index in [0.29, 0.717) is 12.8 Å². The lowest BCUT2D eigenvalue weighted by molar-refractivity contribution is -0.506. The van der Waals surface area contributed by atoms with E-state index in [1.165, 1.54) is 109 Å². The van der Waals surface area contributed by atoms with Crippen molar-refractivity contribution in [1.29, 1.82) is 0 Å². The van der Waals surface area contributed by atoms with Gasteiger partial charge in [-0.05, 0) is 33.5 Å². The highest BCUT2D eigenvalue weighted by Gasteiger charge is 1.97. The molecular formula is C24H51NO3Si. The summed E-state index contributed by atoms with van der Waals surface area (Å²) in [5, 5.41) is 4.78. The van der Waals surface area contributed by atoms with Crippen molar-refractivity contribution in [2.75, 3.05) is 33.5 Å². The van der Waals surface area contributed by atoms with Crippen LogP contribution in [0.4, 0.5) is 0 Å². The normalized spacial score (nSPS) is 11.6. The largest absolute Gasteiger partial charge is 0.309 e. The smallest absolute Gasteiger partial charge is 0.0853 e. The zero-order valence-electron chi connectivity index (χ0n) is 20.0. The lowest BCUT2D eigenvalue weighted by Crippen LogP contribution is -2.14. The van der Waals surface area contributed by atoms with Gasteiger partial charge in [-0.15, -0.1) is 0 Å². The quantitative estimate of drug-likeness (QED) is 0.0666. The average molecular weight is 430 g/mol. The van der Waals surface area contributed by atoms with Crippen molar-refractivity contribution >= 4 is 9.52 Å². The van der Waals surface area contributed by atoms with Crippen LogP contribution in [-0.2, 0) is 14.8 Å². The van der Waals surface area contributed by atoms with Crippen molar-refractivity contribution < 1.29 is 14.8 Å². The van der Waals surface area contributed by atoms with Crippen LogP contribution in [0.5, 0.6) is 0 Å². The summed E-state index contributed by atoms with van der Waals surface area (Å²) in [4.78, 5) is 12.3. The maximum atomic E-state index is 5.07. The van der Waals surface area contributed by atoms with Gasteiger partial charge < -0.3 is 4.90 Å². The topological polar surface area (TPSA) is 30.9 Å². The number of nitrogens with zero attached hydrogens (tertiary/aromatic N) is 1. The first-order valence-corrected chi connectivity index (χ1v) is 13.9. The molecule has 5 heteroatoms. The van der Waals surface area contributed by atoms with E-state index in [1.54, 1.807) is 0 Å². The summed E-state index contributed by atoms with van der Waals surface area (Å²) in [5.41, 5.74) is 0. The molecule has 0 spiro atoms. The Balaban J connectivity index is 2.98. The standard InChI is InChI=1S/C24H51NO3Si/c1-4-5-6-7-8-9-10-11-12-13-14-15-16-17-18-19-22-26-28-27-24-29-23-20-21-25(2)3/h4-24H2,1-3H3. The Labute approximate surface area is 185 Å². The molecular weight excluding hydrogens is 378 g/mol. The molecule has 0 saturated carbocycles. The molecule has 0 rings (SSSR count). The minimum absolute atomic E-state index is 0.641. The van der Waals surface area contributed by atoms with E-state index in [9.17, 15) is 0 Å². The van der Waals surface area contributed by atoms with Gasteiger partial charge in [0.25, 0.3) is 0 Å². The highest BCUT2D eigenvalue weighted by atomic mass is 28.2. The minimum Gasteiger partial charge on any atom is -0.309 e. The second-order valence-corrected chi connectivity index (χ2v) is 9.90. The van der Waals surface area contributed by atoms with Crippen molar-refractivity contribution in [3.05, 3.63) is 0 Å². The van der Waals surface area contributed by atoms with Crippen LogP contribution < -0.4 is 0 Å². The van der Waals surface area contributed by atoms with E-state index in [1.807, 2.05) is 0 Å². The molecule has 0 N–H and O–H groups in total. The predicted molar refractivity (Wildman–Crippen MR) is 126 cm³/mol. The van der Waals surface area contributed by atoms with Crippen LogP contribution in [0, 0.1) is 0 Å². The summed E-state index contributed by atoms with van der Waals surface area (Å²) < 4.78 is 0. The van der Waals surface area contributed by atoms with Gasteiger partial charge in [-0.3, -0.25) is 0 Å². The molecule has 0 unspecified atom stereocenters. The molecule has 0 heterocycles. The molecule has 0 bridgehead atoms. The van der Waals surface area contributed by atoms with Gasteiger partial charge in [0.15, 0.2) is 0 Å². The van der Waals surface area contributed by atoms with E-state index in [2.05, 4.69) is 25.9 Å². The highest BCUT2D eigenvalue weighted by Crippen LogP contribution is 2.13. The summed E-state index contributed by atoms with van der Waals surface area (Å²) in [6.45, 7) is 4.07. The average Bonchev–Trinajstić information content (AvgIpc) is 2.71. The first-order valence-electron chi connectivity index (χ1n) is 12.5. The van der Waals surface area contributed by atoms with E-state index < -0.39 is 0 Å². The monoisotopic (exact) mass is 429 g/mol. The number of unbranched alkanes of at least 4 members (excludes halogenated alkanes) is 15. The van der Waals surface area contributed by atoms with Gasteiger partial charge in [-0.25, -0.2) is 9.78 Å². The molecule has 174 valence electrons. The molecule has 0 aromatic carbocycles. The summed E-state index contributed by atoms with van der Waals surface area (Å²) in [5.74, 6) is 0. The Morgan fingerprint density at radius 1 is 0.586 bits per heavy atom. The molecule has 0 aromatic heterocycles. The van der Waals surface area contributed by atoms with Gasteiger partial charge in [0.05, 0.1) is 22.4 Å². The molecule has 4 nitrogen and oxygen atoms in total. The molecule has 0 aliphatic carbocycles.